The Balaban J connectivity index is 1.95. The van der Waals surface area contributed by atoms with Gasteiger partial charge in [0.1, 0.15) is 5.75 Å². The van der Waals surface area contributed by atoms with Gasteiger partial charge < -0.3 is 10.0 Å². The van der Waals surface area contributed by atoms with Gasteiger partial charge in [0.25, 0.3) is 0 Å². The number of nitrogens with zero attached hydrogens (tertiary/aromatic N) is 3. The van der Waals surface area contributed by atoms with Gasteiger partial charge in [-0.25, -0.2) is 9.97 Å². The molecule has 0 radical (unpaired) electrons. The van der Waals surface area contributed by atoms with E-state index < -0.39 is 0 Å². The van der Waals surface area contributed by atoms with Gasteiger partial charge in [0, 0.05) is 18.1 Å². The van der Waals surface area contributed by atoms with Crippen LogP contribution in [0.5, 0.6) is 5.75 Å². The second-order valence-corrected chi connectivity index (χ2v) is 4.64. The van der Waals surface area contributed by atoms with Crippen LogP contribution in [0.2, 0.25) is 0 Å². The van der Waals surface area contributed by atoms with Crippen molar-refractivity contribution in [3.63, 3.8) is 0 Å². The monoisotopic (exact) mass is 277 g/mol. The lowest BCUT2D eigenvalue weighted by Crippen LogP contribution is -2.18. The Labute approximate surface area is 123 Å². The molecule has 3 aromatic rings. The smallest absolute Gasteiger partial charge is 0.230 e. The minimum absolute atomic E-state index is 0.265. The standard InChI is InChI=1S/C17H15N3O/c21-16-9-7-14(8-10-16)13-20(15-5-2-1-3-6-15)17-18-11-4-12-19-17/h1-12,21H,13H2. The molecule has 1 heterocycles. The topological polar surface area (TPSA) is 49.2 Å². The first-order chi connectivity index (χ1) is 10.3. The average Bonchev–Trinajstić information content (AvgIpc) is 2.56. The Morgan fingerprint density at radius 1 is 0.810 bits per heavy atom. The summed E-state index contributed by atoms with van der Waals surface area (Å²) in [6.45, 7) is 0.633. The number of benzene rings is 2. The van der Waals surface area contributed by atoms with Crippen LogP contribution in [0.25, 0.3) is 0 Å². The molecule has 0 saturated carbocycles. The predicted octanol–water partition coefficient (Wildman–Crippen LogP) is 3.52. The molecule has 0 spiro atoms. The minimum atomic E-state index is 0.265. The first-order valence-corrected chi connectivity index (χ1v) is 6.70. The summed E-state index contributed by atoms with van der Waals surface area (Å²) < 4.78 is 0. The van der Waals surface area contributed by atoms with Crippen LogP contribution in [0.15, 0.2) is 73.1 Å². The predicted molar refractivity (Wildman–Crippen MR) is 82.4 cm³/mol. The maximum absolute atomic E-state index is 9.39. The molecule has 21 heavy (non-hydrogen) atoms. The molecule has 1 aromatic heterocycles. The highest BCUT2D eigenvalue weighted by Crippen LogP contribution is 2.24. The van der Waals surface area contributed by atoms with E-state index in [0.717, 1.165) is 11.3 Å². The highest BCUT2D eigenvalue weighted by atomic mass is 16.3. The van der Waals surface area contributed by atoms with E-state index in [9.17, 15) is 5.11 Å². The Kier molecular flexibility index (Phi) is 3.78. The van der Waals surface area contributed by atoms with Crippen molar-refractivity contribution in [3.05, 3.63) is 78.6 Å². The van der Waals surface area contributed by atoms with Crippen molar-refractivity contribution < 1.29 is 5.11 Å². The van der Waals surface area contributed by atoms with Crippen molar-refractivity contribution in [2.24, 2.45) is 0 Å². The van der Waals surface area contributed by atoms with Crippen molar-refractivity contribution in [2.45, 2.75) is 6.54 Å². The van der Waals surface area contributed by atoms with Gasteiger partial charge in [-0.1, -0.05) is 30.3 Å². The first-order valence-electron chi connectivity index (χ1n) is 6.70. The number of para-hydroxylation sites is 1. The van der Waals surface area contributed by atoms with E-state index in [4.69, 9.17) is 0 Å². The molecule has 0 atom stereocenters. The third-order valence-corrected chi connectivity index (χ3v) is 3.14. The molecular formula is C17H15N3O. The van der Waals surface area contributed by atoms with Crippen LogP contribution in [0.3, 0.4) is 0 Å². The van der Waals surface area contributed by atoms with Gasteiger partial charge in [-0.3, -0.25) is 0 Å². The summed E-state index contributed by atoms with van der Waals surface area (Å²) in [7, 11) is 0. The molecule has 0 bridgehead atoms. The van der Waals surface area contributed by atoms with Gasteiger partial charge in [0.2, 0.25) is 5.95 Å². The molecule has 0 aliphatic heterocycles. The third kappa shape index (κ3) is 3.17. The molecule has 1 N–H and O–H groups in total. The number of rotatable bonds is 4. The molecule has 0 aliphatic rings. The molecule has 3 rings (SSSR count). The van der Waals surface area contributed by atoms with Crippen molar-refractivity contribution in [1.29, 1.82) is 0 Å². The summed E-state index contributed by atoms with van der Waals surface area (Å²) in [4.78, 5) is 10.7. The lowest BCUT2D eigenvalue weighted by molar-refractivity contribution is 0.475. The van der Waals surface area contributed by atoms with E-state index in [-0.39, 0.29) is 5.75 Å². The fourth-order valence-corrected chi connectivity index (χ4v) is 2.10. The van der Waals surface area contributed by atoms with E-state index in [1.54, 1.807) is 30.6 Å². The van der Waals surface area contributed by atoms with Gasteiger partial charge in [0.05, 0.1) is 6.54 Å². The van der Waals surface area contributed by atoms with E-state index in [2.05, 4.69) is 9.97 Å². The zero-order valence-electron chi connectivity index (χ0n) is 11.4. The van der Waals surface area contributed by atoms with Crippen molar-refractivity contribution in [3.8, 4) is 5.75 Å². The van der Waals surface area contributed by atoms with Crippen molar-refractivity contribution in [1.82, 2.24) is 9.97 Å². The number of phenolic OH excluding ortho intramolecular Hbond substituents is 1. The highest BCUT2D eigenvalue weighted by Gasteiger charge is 2.12. The second kappa shape index (κ2) is 6.05. The molecule has 4 nitrogen and oxygen atoms in total. The van der Waals surface area contributed by atoms with Crippen LogP contribution in [0, 0.1) is 0 Å². The van der Waals surface area contributed by atoms with Gasteiger partial charge in [0.15, 0.2) is 0 Å². The highest BCUT2D eigenvalue weighted by molar-refractivity contribution is 5.57. The summed E-state index contributed by atoms with van der Waals surface area (Å²) >= 11 is 0. The minimum Gasteiger partial charge on any atom is -0.508 e. The normalized spacial score (nSPS) is 10.3. The summed E-state index contributed by atoms with van der Waals surface area (Å²) in [5.41, 5.74) is 2.10. The number of aromatic hydroxyl groups is 1. The Morgan fingerprint density at radius 2 is 1.48 bits per heavy atom. The van der Waals surface area contributed by atoms with Crippen LogP contribution < -0.4 is 4.90 Å². The van der Waals surface area contributed by atoms with Crippen LogP contribution >= 0.6 is 0 Å². The maximum Gasteiger partial charge on any atom is 0.230 e. The van der Waals surface area contributed by atoms with Gasteiger partial charge in [-0.2, -0.15) is 0 Å². The second-order valence-electron chi connectivity index (χ2n) is 4.64. The third-order valence-electron chi connectivity index (χ3n) is 3.14. The van der Waals surface area contributed by atoms with E-state index in [0.29, 0.717) is 12.5 Å². The molecule has 0 aliphatic carbocycles. The molecule has 0 saturated heterocycles. The fourth-order valence-electron chi connectivity index (χ4n) is 2.10. The quantitative estimate of drug-likeness (QED) is 0.792. The van der Waals surface area contributed by atoms with Gasteiger partial charge >= 0.3 is 0 Å². The average molecular weight is 277 g/mol. The van der Waals surface area contributed by atoms with Crippen LogP contribution in [0.4, 0.5) is 11.6 Å². The Morgan fingerprint density at radius 3 is 2.14 bits per heavy atom. The Hall–Kier alpha value is -2.88. The number of anilines is 2. The lowest BCUT2D eigenvalue weighted by Gasteiger charge is -2.22. The molecule has 104 valence electrons. The lowest BCUT2D eigenvalue weighted by atomic mass is 10.2. The molecule has 0 amide bonds. The van der Waals surface area contributed by atoms with Crippen LogP contribution in [0.1, 0.15) is 5.56 Å². The maximum atomic E-state index is 9.39. The van der Waals surface area contributed by atoms with E-state index >= 15 is 0 Å². The molecule has 0 unspecified atom stereocenters. The van der Waals surface area contributed by atoms with Crippen molar-refractivity contribution in [2.75, 3.05) is 4.90 Å². The molecule has 2 aromatic carbocycles. The fraction of sp³-hybridized carbons (Fsp3) is 0.0588. The Bertz CT molecular complexity index is 645. The molecule has 0 fully saturated rings. The van der Waals surface area contributed by atoms with Crippen LogP contribution in [-0.4, -0.2) is 15.1 Å². The number of hydrogen-bond donors (Lipinski definition) is 1. The molecule has 4 heteroatoms. The van der Waals surface area contributed by atoms with Crippen LogP contribution in [-0.2, 0) is 6.54 Å². The number of hydrogen-bond acceptors (Lipinski definition) is 4. The summed E-state index contributed by atoms with van der Waals surface area (Å²) in [5.74, 6) is 0.915. The van der Waals surface area contributed by atoms with Crippen molar-refractivity contribution >= 4 is 11.6 Å². The SMILES string of the molecule is Oc1ccc(CN(c2ccccc2)c2ncccn2)cc1. The summed E-state index contributed by atoms with van der Waals surface area (Å²) in [5, 5.41) is 9.39. The first kappa shape index (κ1) is 13.1. The van der Waals surface area contributed by atoms with E-state index in [1.165, 1.54) is 0 Å². The summed E-state index contributed by atoms with van der Waals surface area (Å²) in [6, 6.07) is 19.0. The summed E-state index contributed by atoms with van der Waals surface area (Å²) in [6.07, 6.45) is 3.46. The zero-order valence-corrected chi connectivity index (χ0v) is 11.4. The van der Waals surface area contributed by atoms with Gasteiger partial charge in [-0.15, -0.1) is 0 Å². The van der Waals surface area contributed by atoms with Gasteiger partial charge in [-0.05, 0) is 35.9 Å². The molecular weight excluding hydrogens is 262 g/mol. The number of phenols is 1. The largest absolute Gasteiger partial charge is 0.508 e. The zero-order chi connectivity index (χ0) is 14.5. The van der Waals surface area contributed by atoms with E-state index in [1.807, 2.05) is 47.4 Å². The number of aromatic nitrogens is 2.